The molecule has 88 valence electrons. The van der Waals surface area contributed by atoms with Crippen molar-refractivity contribution in [1.29, 1.82) is 0 Å². The Bertz CT molecular complexity index is 742. The summed E-state index contributed by atoms with van der Waals surface area (Å²) in [4.78, 5) is 0. The van der Waals surface area contributed by atoms with Gasteiger partial charge in [-0.1, -0.05) is 42.5 Å². The summed E-state index contributed by atoms with van der Waals surface area (Å²) in [7, 11) is 0. The van der Waals surface area contributed by atoms with Crippen LogP contribution in [-0.4, -0.2) is 6.10 Å². The van der Waals surface area contributed by atoms with Gasteiger partial charge in [-0.3, -0.25) is 0 Å². The fraction of sp³-hybridized carbons (Fsp3) is 0.176. The SMILES string of the molecule is Cc1ccc2c(c1)OC1C=c3ccccc3=CC21. The average molecular weight is 234 g/mol. The molecule has 0 aromatic heterocycles. The van der Waals surface area contributed by atoms with E-state index in [1.807, 2.05) is 0 Å². The molecule has 1 heterocycles. The molecule has 4 rings (SSSR count). The van der Waals surface area contributed by atoms with Crippen LogP contribution in [0.5, 0.6) is 5.75 Å². The molecule has 2 unspecified atom stereocenters. The molecule has 1 nitrogen and oxygen atoms in total. The Morgan fingerprint density at radius 2 is 1.72 bits per heavy atom. The van der Waals surface area contributed by atoms with Crippen LogP contribution in [0, 0.1) is 6.92 Å². The van der Waals surface area contributed by atoms with E-state index in [9.17, 15) is 0 Å². The summed E-state index contributed by atoms with van der Waals surface area (Å²) in [5.74, 6) is 1.42. The Hall–Kier alpha value is -2.02. The third-order valence-corrected chi connectivity index (χ3v) is 3.84. The van der Waals surface area contributed by atoms with E-state index in [1.54, 1.807) is 0 Å². The van der Waals surface area contributed by atoms with Crippen LogP contribution < -0.4 is 15.2 Å². The van der Waals surface area contributed by atoms with Crippen molar-refractivity contribution < 1.29 is 4.74 Å². The monoisotopic (exact) mass is 234 g/mol. The van der Waals surface area contributed by atoms with Crippen molar-refractivity contribution in [2.24, 2.45) is 0 Å². The van der Waals surface area contributed by atoms with Gasteiger partial charge in [0, 0.05) is 11.5 Å². The van der Waals surface area contributed by atoms with Crippen LogP contribution in [0.3, 0.4) is 0 Å². The lowest BCUT2D eigenvalue weighted by molar-refractivity contribution is 0.288. The van der Waals surface area contributed by atoms with Crippen LogP contribution in [0.15, 0.2) is 42.5 Å². The molecule has 2 atom stereocenters. The van der Waals surface area contributed by atoms with Crippen molar-refractivity contribution in [3.05, 3.63) is 64.0 Å². The van der Waals surface area contributed by atoms with Gasteiger partial charge in [0.2, 0.25) is 0 Å². The second-order valence-corrected chi connectivity index (χ2v) is 5.11. The first-order valence-corrected chi connectivity index (χ1v) is 6.37. The zero-order valence-electron chi connectivity index (χ0n) is 10.3. The number of fused-ring (bicyclic) bond motifs is 4. The van der Waals surface area contributed by atoms with Gasteiger partial charge < -0.3 is 4.74 Å². The highest BCUT2D eigenvalue weighted by Gasteiger charge is 2.32. The summed E-state index contributed by atoms with van der Waals surface area (Å²) in [5, 5.41) is 2.60. The summed E-state index contributed by atoms with van der Waals surface area (Å²) in [6, 6.07) is 15.0. The van der Waals surface area contributed by atoms with Crippen LogP contribution in [0.25, 0.3) is 12.2 Å². The standard InChI is InChI=1S/C17H14O/c1-11-6-7-14-15-9-12-4-2-3-5-13(12)10-17(15)18-16(14)8-11/h2-10,15,17H,1H3. The van der Waals surface area contributed by atoms with Crippen LogP contribution >= 0.6 is 0 Å². The van der Waals surface area contributed by atoms with E-state index in [4.69, 9.17) is 4.74 Å². The Balaban J connectivity index is 1.93. The van der Waals surface area contributed by atoms with Crippen molar-refractivity contribution in [2.75, 3.05) is 0 Å². The van der Waals surface area contributed by atoms with Crippen LogP contribution in [0.2, 0.25) is 0 Å². The minimum atomic E-state index is 0.164. The highest BCUT2D eigenvalue weighted by atomic mass is 16.5. The second-order valence-electron chi connectivity index (χ2n) is 5.11. The van der Waals surface area contributed by atoms with Gasteiger partial charge in [-0.05, 0) is 35.1 Å². The lowest BCUT2D eigenvalue weighted by Gasteiger charge is -2.15. The molecule has 0 saturated heterocycles. The second kappa shape index (κ2) is 3.49. The molecule has 1 heteroatoms. The molecule has 2 aliphatic rings. The van der Waals surface area contributed by atoms with E-state index in [0.717, 1.165) is 5.75 Å². The minimum absolute atomic E-state index is 0.164. The molecule has 0 radical (unpaired) electrons. The molecule has 1 aliphatic heterocycles. The number of ether oxygens (including phenoxy) is 1. The van der Waals surface area contributed by atoms with Crippen LogP contribution in [-0.2, 0) is 0 Å². The zero-order valence-corrected chi connectivity index (χ0v) is 10.3. The fourth-order valence-electron chi connectivity index (χ4n) is 2.92. The van der Waals surface area contributed by atoms with Gasteiger partial charge in [-0.15, -0.1) is 0 Å². The Labute approximate surface area is 106 Å². The van der Waals surface area contributed by atoms with Crippen molar-refractivity contribution in [1.82, 2.24) is 0 Å². The Morgan fingerprint density at radius 1 is 0.944 bits per heavy atom. The Kier molecular flexibility index (Phi) is 1.93. The van der Waals surface area contributed by atoms with Crippen molar-refractivity contribution in [3.8, 4) is 5.75 Å². The average Bonchev–Trinajstić information content (AvgIpc) is 2.72. The molecule has 2 aromatic rings. The van der Waals surface area contributed by atoms with Gasteiger partial charge in [0.25, 0.3) is 0 Å². The maximum absolute atomic E-state index is 6.06. The smallest absolute Gasteiger partial charge is 0.128 e. The molecule has 0 spiro atoms. The van der Waals surface area contributed by atoms with Crippen molar-refractivity contribution >= 4 is 12.2 Å². The highest BCUT2D eigenvalue weighted by Crippen LogP contribution is 2.40. The third-order valence-electron chi connectivity index (χ3n) is 3.84. The van der Waals surface area contributed by atoms with Gasteiger partial charge in [0.15, 0.2) is 0 Å². The van der Waals surface area contributed by atoms with E-state index in [2.05, 4.69) is 61.5 Å². The largest absolute Gasteiger partial charge is 0.485 e. The summed E-state index contributed by atoms with van der Waals surface area (Å²) in [6.07, 6.45) is 4.74. The summed E-state index contributed by atoms with van der Waals surface area (Å²) in [5.41, 5.74) is 2.57. The number of aryl methyl sites for hydroxylation is 1. The summed E-state index contributed by atoms with van der Waals surface area (Å²) >= 11 is 0. The first kappa shape index (κ1) is 9.95. The molecule has 2 aromatic carbocycles. The van der Waals surface area contributed by atoms with Crippen molar-refractivity contribution in [3.63, 3.8) is 0 Å². The molecule has 0 fully saturated rings. The lowest BCUT2D eigenvalue weighted by Crippen LogP contribution is -2.33. The van der Waals surface area contributed by atoms with E-state index >= 15 is 0 Å². The predicted molar refractivity (Wildman–Crippen MR) is 73.0 cm³/mol. The first-order valence-electron chi connectivity index (χ1n) is 6.37. The fourth-order valence-corrected chi connectivity index (χ4v) is 2.92. The van der Waals surface area contributed by atoms with Crippen molar-refractivity contribution in [2.45, 2.75) is 18.9 Å². The predicted octanol–water partition coefficient (Wildman–Crippen LogP) is 2.11. The normalized spacial score (nSPS) is 22.9. The van der Waals surface area contributed by atoms with E-state index in [1.165, 1.54) is 21.6 Å². The van der Waals surface area contributed by atoms with E-state index in [0.29, 0.717) is 5.92 Å². The first-order chi connectivity index (χ1) is 8.81. The number of hydrogen-bond donors (Lipinski definition) is 0. The van der Waals surface area contributed by atoms with Crippen LogP contribution in [0.1, 0.15) is 17.0 Å². The topological polar surface area (TPSA) is 9.23 Å². The number of benzene rings is 2. The van der Waals surface area contributed by atoms with Gasteiger partial charge in [0.1, 0.15) is 11.9 Å². The van der Waals surface area contributed by atoms with E-state index < -0.39 is 0 Å². The van der Waals surface area contributed by atoms with Gasteiger partial charge in [-0.25, -0.2) is 0 Å². The molecular weight excluding hydrogens is 220 g/mol. The Morgan fingerprint density at radius 3 is 2.56 bits per heavy atom. The summed E-state index contributed by atoms with van der Waals surface area (Å²) < 4.78 is 6.06. The minimum Gasteiger partial charge on any atom is -0.485 e. The third kappa shape index (κ3) is 1.34. The van der Waals surface area contributed by atoms with Gasteiger partial charge in [-0.2, -0.15) is 0 Å². The molecule has 18 heavy (non-hydrogen) atoms. The number of hydrogen-bond acceptors (Lipinski definition) is 1. The maximum atomic E-state index is 6.06. The van der Waals surface area contributed by atoms with Gasteiger partial charge in [0.05, 0.1) is 0 Å². The lowest BCUT2D eigenvalue weighted by atomic mass is 9.90. The van der Waals surface area contributed by atoms with Crippen LogP contribution in [0.4, 0.5) is 0 Å². The summed E-state index contributed by atoms with van der Waals surface area (Å²) in [6.45, 7) is 2.10. The molecule has 1 aliphatic carbocycles. The molecular formula is C17H14O. The maximum Gasteiger partial charge on any atom is 0.128 e. The zero-order chi connectivity index (χ0) is 12.1. The molecule has 0 saturated carbocycles. The van der Waals surface area contributed by atoms with Gasteiger partial charge >= 0.3 is 0 Å². The number of rotatable bonds is 0. The highest BCUT2D eigenvalue weighted by molar-refractivity contribution is 5.60. The molecule has 0 bridgehead atoms. The molecule has 0 N–H and O–H groups in total. The molecule has 0 amide bonds. The van der Waals surface area contributed by atoms with E-state index in [-0.39, 0.29) is 6.10 Å². The quantitative estimate of drug-likeness (QED) is 0.678.